The van der Waals surface area contributed by atoms with Gasteiger partial charge in [0.1, 0.15) is 5.01 Å². The molecule has 0 aliphatic carbocycles. The summed E-state index contributed by atoms with van der Waals surface area (Å²) in [7, 11) is 0. The second-order valence-electron chi connectivity index (χ2n) is 4.19. The van der Waals surface area contributed by atoms with Gasteiger partial charge in [0, 0.05) is 11.1 Å². The van der Waals surface area contributed by atoms with Crippen molar-refractivity contribution in [1.29, 1.82) is 0 Å². The second-order valence-corrected chi connectivity index (χ2v) is 5.34. The topological polar surface area (TPSA) is 51.2 Å². The predicted molar refractivity (Wildman–Crippen MR) is 73.8 cm³/mol. The zero-order chi connectivity index (χ0) is 13.4. The molecule has 18 heavy (non-hydrogen) atoms. The molecule has 0 amide bonds. The molecule has 0 bridgehead atoms. The van der Waals surface area contributed by atoms with E-state index in [2.05, 4.69) is 24.1 Å². The molecule has 0 radical (unpaired) electrons. The average molecular weight is 270 g/mol. The number of aryl methyl sites for hydroxylation is 1. The molecular weight excluding hydrogens is 248 g/mol. The number of hydrogen-bond donors (Lipinski definition) is 1. The van der Waals surface area contributed by atoms with Crippen molar-refractivity contribution in [3.63, 3.8) is 0 Å². The third-order valence-corrected chi connectivity index (χ3v) is 3.93. The van der Waals surface area contributed by atoms with Crippen molar-refractivity contribution >= 4 is 17.3 Å². The van der Waals surface area contributed by atoms with Gasteiger partial charge in [0.2, 0.25) is 0 Å². The van der Waals surface area contributed by atoms with Gasteiger partial charge < -0.3 is 4.74 Å². The van der Waals surface area contributed by atoms with Gasteiger partial charge in [-0.1, -0.05) is 20.3 Å². The SMILES string of the molecule is CCCCOC(=O)CNC(C)c1ncc(CC)s1. The Balaban J connectivity index is 2.27. The summed E-state index contributed by atoms with van der Waals surface area (Å²) in [5, 5.41) is 4.16. The van der Waals surface area contributed by atoms with E-state index in [-0.39, 0.29) is 18.6 Å². The molecule has 1 N–H and O–H groups in total. The quantitative estimate of drug-likeness (QED) is 0.583. The number of nitrogens with zero attached hydrogens (tertiary/aromatic N) is 1. The standard InChI is InChI=1S/C13H22N2O2S/c1-4-6-7-17-12(16)9-14-10(3)13-15-8-11(5-2)18-13/h8,10,14H,4-7,9H2,1-3H3. The van der Waals surface area contributed by atoms with E-state index in [4.69, 9.17) is 4.74 Å². The van der Waals surface area contributed by atoms with Crippen molar-refractivity contribution in [2.45, 2.75) is 46.1 Å². The van der Waals surface area contributed by atoms with Crippen molar-refractivity contribution in [2.75, 3.05) is 13.2 Å². The summed E-state index contributed by atoms with van der Waals surface area (Å²) in [6.07, 6.45) is 4.87. The van der Waals surface area contributed by atoms with Crippen molar-refractivity contribution in [3.05, 3.63) is 16.1 Å². The Morgan fingerprint density at radius 2 is 2.33 bits per heavy atom. The normalized spacial score (nSPS) is 12.4. The Bertz CT molecular complexity index is 366. The molecule has 1 rings (SSSR count). The number of unbranched alkanes of at least 4 members (excludes halogenated alkanes) is 1. The molecule has 1 aromatic rings. The van der Waals surface area contributed by atoms with Crippen LogP contribution in [0.1, 0.15) is 49.5 Å². The van der Waals surface area contributed by atoms with Crippen LogP contribution in [-0.4, -0.2) is 24.1 Å². The Hall–Kier alpha value is -0.940. The Kier molecular flexibility index (Phi) is 6.90. The van der Waals surface area contributed by atoms with E-state index in [1.165, 1.54) is 4.88 Å². The second kappa shape index (κ2) is 8.21. The molecule has 0 spiro atoms. The third-order valence-electron chi connectivity index (χ3n) is 2.60. The fraction of sp³-hybridized carbons (Fsp3) is 0.692. The highest BCUT2D eigenvalue weighted by molar-refractivity contribution is 7.11. The molecule has 4 nitrogen and oxygen atoms in total. The van der Waals surface area contributed by atoms with E-state index in [0.29, 0.717) is 6.61 Å². The highest BCUT2D eigenvalue weighted by Gasteiger charge is 2.11. The molecule has 1 atom stereocenters. The maximum absolute atomic E-state index is 11.4. The van der Waals surface area contributed by atoms with Gasteiger partial charge in [0.15, 0.2) is 0 Å². The van der Waals surface area contributed by atoms with Gasteiger partial charge in [-0.05, 0) is 19.8 Å². The Morgan fingerprint density at radius 1 is 1.56 bits per heavy atom. The first-order valence-electron chi connectivity index (χ1n) is 6.51. The van der Waals surface area contributed by atoms with Crippen LogP contribution in [0.2, 0.25) is 0 Å². The molecule has 0 saturated heterocycles. The minimum atomic E-state index is -0.192. The molecule has 5 heteroatoms. The van der Waals surface area contributed by atoms with Crippen LogP contribution in [0, 0.1) is 0 Å². The molecule has 0 saturated carbocycles. The lowest BCUT2D eigenvalue weighted by atomic mass is 10.3. The largest absolute Gasteiger partial charge is 0.465 e. The van der Waals surface area contributed by atoms with Crippen LogP contribution in [0.5, 0.6) is 0 Å². The first-order valence-corrected chi connectivity index (χ1v) is 7.32. The number of thiazole rings is 1. The van der Waals surface area contributed by atoms with Crippen molar-refractivity contribution in [1.82, 2.24) is 10.3 Å². The fourth-order valence-corrected chi connectivity index (χ4v) is 2.28. The van der Waals surface area contributed by atoms with Gasteiger partial charge in [-0.2, -0.15) is 0 Å². The van der Waals surface area contributed by atoms with E-state index in [1.54, 1.807) is 11.3 Å². The van der Waals surface area contributed by atoms with E-state index in [9.17, 15) is 4.79 Å². The summed E-state index contributed by atoms with van der Waals surface area (Å²) >= 11 is 1.69. The summed E-state index contributed by atoms with van der Waals surface area (Å²) < 4.78 is 5.08. The molecule has 1 unspecified atom stereocenters. The Labute approximate surface area is 113 Å². The lowest BCUT2D eigenvalue weighted by Crippen LogP contribution is -2.27. The van der Waals surface area contributed by atoms with Gasteiger partial charge in [-0.25, -0.2) is 4.98 Å². The van der Waals surface area contributed by atoms with Crippen LogP contribution < -0.4 is 5.32 Å². The van der Waals surface area contributed by atoms with Crippen LogP contribution in [0.4, 0.5) is 0 Å². The zero-order valence-electron chi connectivity index (χ0n) is 11.4. The number of rotatable bonds is 8. The average Bonchev–Trinajstić information content (AvgIpc) is 2.85. The Morgan fingerprint density at radius 3 is 2.94 bits per heavy atom. The minimum absolute atomic E-state index is 0.0917. The number of esters is 1. The van der Waals surface area contributed by atoms with Gasteiger partial charge in [-0.3, -0.25) is 10.1 Å². The first-order chi connectivity index (χ1) is 8.67. The number of hydrogen-bond acceptors (Lipinski definition) is 5. The van der Waals surface area contributed by atoms with Gasteiger partial charge in [0.25, 0.3) is 0 Å². The molecule has 1 heterocycles. The molecule has 1 aromatic heterocycles. The number of carbonyl (C=O) groups is 1. The lowest BCUT2D eigenvalue weighted by molar-refractivity contribution is -0.142. The predicted octanol–water partition coefficient (Wildman–Crippen LogP) is 2.70. The van der Waals surface area contributed by atoms with Crippen LogP contribution in [-0.2, 0) is 16.0 Å². The van der Waals surface area contributed by atoms with E-state index >= 15 is 0 Å². The molecule has 0 aliphatic rings. The maximum atomic E-state index is 11.4. The van der Waals surface area contributed by atoms with Gasteiger partial charge in [0.05, 0.1) is 19.2 Å². The first kappa shape index (κ1) is 15.1. The lowest BCUT2D eigenvalue weighted by Gasteiger charge is -2.10. The molecular formula is C13H22N2O2S. The van der Waals surface area contributed by atoms with Crippen LogP contribution in [0.3, 0.4) is 0 Å². The molecule has 0 aromatic carbocycles. The molecule has 0 fully saturated rings. The van der Waals surface area contributed by atoms with E-state index in [1.807, 2.05) is 13.1 Å². The van der Waals surface area contributed by atoms with Crippen LogP contribution in [0.15, 0.2) is 6.20 Å². The highest BCUT2D eigenvalue weighted by Crippen LogP contribution is 2.19. The summed E-state index contributed by atoms with van der Waals surface area (Å²) in [5.41, 5.74) is 0. The van der Waals surface area contributed by atoms with Crippen molar-refractivity contribution < 1.29 is 9.53 Å². The number of ether oxygens (including phenoxy) is 1. The van der Waals surface area contributed by atoms with E-state index in [0.717, 1.165) is 24.3 Å². The fourth-order valence-electron chi connectivity index (χ4n) is 1.39. The van der Waals surface area contributed by atoms with Crippen LogP contribution >= 0.6 is 11.3 Å². The maximum Gasteiger partial charge on any atom is 0.319 e. The smallest absolute Gasteiger partial charge is 0.319 e. The zero-order valence-corrected chi connectivity index (χ0v) is 12.2. The molecule has 102 valence electrons. The van der Waals surface area contributed by atoms with Crippen molar-refractivity contribution in [3.8, 4) is 0 Å². The number of nitrogens with one attached hydrogen (secondary N) is 1. The molecule has 0 aliphatic heterocycles. The number of carbonyl (C=O) groups excluding carboxylic acids is 1. The minimum Gasteiger partial charge on any atom is -0.465 e. The summed E-state index contributed by atoms with van der Waals surface area (Å²) in [6, 6.07) is 0.0917. The summed E-state index contributed by atoms with van der Waals surface area (Å²) in [6.45, 7) is 6.95. The van der Waals surface area contributed by atoms with Gasteiger partial charge in [-0.15, -0.1) is 11.3 Å². The van der Waals surface area contributed by atoms with Crippen LogP contribution in [0.25, 0.3) is 0 Å². The summed E-state index contributed by atoms with van der Waals surface area (Å²) in [5.74, 6) is -0.192. The summed E-state index contributed by atoms with van der Waals surface area (Å²) in [4.78, 5) is 17.0. The van der Waals surface area contributed by atoms with Gasteiger partial charge >= 0.3 is 5.97 Å². The number of aromatic nitrogens is 1. The highest BCUT2D eigenvalue weighted by atomic mass is 32.1. The monoisotopic (exact) mass is 270 g/mol. The van der Waals surface area contributed by atoms with E-state index < -0.39 is 0 Å². The third kappa shape index (κ3) is 5.14. The van der Waals surface area contributed by atoms with Crippen molar-refractivity contribution in [2.24, 2.45) is 0 Å².